The molecule has 22 heavy (non-hydrogen) atoms. The van der Waals surface area contributed by atoms with Crippen molar-refractivity contribution in [3.05, 3.63) is 54.4 Å². The third-order valence-corrected chi connectivity index (χ3v) is 2.89. The highest BCUT2D eigenvalue weighted by Crippen LogP contribution is 2.28. The molecule has 0 N–H and O–H groups in total. The molecule has 3 rings (SSSR count). The van der Waals surface area contributed by atoms with Crippen LogP contribution in [-0.4, -0.2) is 15.7 Å². The number of ether oxygens (including phenoxy) is 2. The van der Waals surface area contributed by atoms with Crippen molar-refractivity contribution in [2.45, 2.75) is 13.3 Å². The second-order valence-corrected chi connectivity index (χ2v) is 4.65. The van der Waals surface area contributed by atoms with E-state index in [-0.39, 0.29) is 5.75 Å². The van der Waals surface area contributed by atoms with Gasteiger partial charge >= 0.3 is 6.36 Å². The van der Waals surface area contributed by atoms with Gasteiger partial charge in [-0.15, -0.1) is 13.2 Å². The number of hydrogen-bond donors (Lipinski definition) is 0. The number of nitrogens with zero attached hydrogens (tertiary/aromatic N) is 2. The number of imidazole rings is 1. The minimum atomic E-state index is -4.71. The minimum Gasteiger partial charge on any atom is -0.440 e. The summed E-state index contributed by atoms with van der Waals surface area (Å²) >= 11 is 0. The van der Waals surface area contributed by atoms with Crippen molar-refractivity contribution >= 4 is 5.65 Å². The lowest BCUT2D eigenvalue weighted by atomic mass is 10.3. The minimum absolute atomic E-state index is 0.295. The van der Waals surface area contributed by atoms with Crippen LogP contribution in [0, 0.1) is 6.92 Å². The van der Waals surface area contributed by atoms with Crippen LogP contribution in [0.15, 0.2) is 48.8 Å². The number of halogens is 3. The summed E-state index contributed by atoms with van der Waals surface area (Å²) in [6.07, 6.45) is -1.32. The molecular formula is C15H11F3N2O2. The average Bonchev–Trinajstić information content (AvgIpc) is 2.87. The predicted octanol–water partition coefficient (Wildman–Crippen LogP) is 4.33. The normalized spacial score (nSPS) is 11.6. The van der Waals surface area contributed by atoms with Gasteiger partial charge in [0.2, 0.25) is 5.88 Å². The van der Waals surface area contributed by atoms with Crippen molar-refractivity contribution in [1.82, 2.24) is 9.38 Å². The molecule has 114 valence electrons. The van der Waals surface area contributed by atoms with Crippen molar-refractivity contribution < 1.29 is 22.6 Å². The third-order valence-electron chi connectivity index (χ3n) is 2.89. The van der Waals surface area contributed by atoms with Gasteiger partial charge in [0, 0.05) is 18.5 Å². The molecule has 0 atom stereocenters. The standard InChI is InChI=1S/C15H11F3N2O2/c1-10-8-13-19-6-7-20(13)14(9-10)21-11-2-4-12(5-3-11)22-15(16,17)18/h2-9H,1H3. The van der Waals surface area contributed by atoms with Crippen LogP contribution in [-0.2, 0) is 0 Å². The fourth-order valence-corrected chi connectivity index (χ4v) is 2.03. The van der Waals surface area contributed by atoms with Crippen molar-refractivity contribution in [2.75, 3.05) is 0 Å². The average molecular weight is 308 g/mol. The van der Waals surface area contributed by atoms with E-state index >= 15 is 0 Å². The molecule has 4 nitrogen and oxygen atoms in total. The van der Waals surface area contributed by atoms with Crippen LogP contribution < -0.4 is 9.47 Å². The highest BCUT2D eigenvalue weighted by atomic mass is 19.4. The highest BCUT2D eigenvalue weighted by Gasteiger charge is 2.30. The van der Waals surface area contributed by atoms with Gasteiger partial charge in [0.25, 0.3) is 0 Å². The molecule has 2 heterocycles. The summed E-state index contributed by atoms with van der Waals surface area (Å²) in [4.78, 5) is 4.17. The van der Waals surface area contributed by atoms with Gasteiger partial charge in [0.05, 0.1) is 0 Å². The van der Waals surface area contributed by atoms with E-state index in [4.69, 9.17) is 4.74 Å². The van der Waals surface area contributed by atoms with E-state index < -0.39 is 6.36 Å². The number of rotatable bonds is 3. The zero-order valence-electron chi connectivity index (χ0n) is 11.5. The van der Waals surface area contributed by atoms with E-state index in [1.807, 2.05) is 19.1 Å². The molecule has 0 amide bonds. The predicted molar refractivity (Wildman–Crippen MR) is 73.1 cm³/mol. The number of fused-ring (bicyclic) bond motifs is 1. The maximum Gasteiger partial charge on any atom is 0.573 e. The lowest BCUT2D eigenvalue weighted by Gasteiger charge is -2.11. The van der Waals surface area contributed by atoms with E-state index in [1.54, 1.807) is 16.8 Å². The molecule has 0 aliphatic rings. The first-order valence-corrected chi connectivity index (χ1v) is 6.38. The number of aromatic nitrogens is 2. The Labute approximate surface area is 123 Å². The first-order valence-electron chi connectivity index (χ1n) is 6.38. The van der Waals surface area contributed by atoms with Gasteiger partial charge in [-0.05, 0) is 42.8 Å². The molecule has 0 saturated carbocycles. The van der Waals surface area contributed by atoms with Crippen LogP contribution in [0.2, 0.25) is 0 Å². The molecule has 3 aromatic rings. The molecule has 2 aromatic heterocycles. The van der Waals surface area contributed by atoms with Crippen LogP contribution in [0.1, 0.15) is 5.56 Å². The number of benzene rings is 1. The van der Waals surface area contributed by atoms with Gasteiger partial charge in [-0.1, -0.05) is 0 Å². The molecule has 0 unspecified atom stereocenters. The quantitative estimate of drug-likeness (QED) is 0.722. The van der Waals surface area contributed by atoms with E-state index in [1.165, 1.54) is 24.3 Å². The topological polar surface area (TPSA) is 35.8 Å². The Bertz CT molecular complexity index is 795. The fourth-order valence-electron chi connectivity index (χ4n) is 2.03. The summed E-state index contributed by atoms with van der Waals surface area (Å²) in [6, 6.07) is 8.92. The molecular weight excluding hydrogens is 297 g/mol. The molecule has 0 spiro atoms. The van der Waals surface area contributed by atoms with Crippen LogP contribution in [0.5, 0.6) is 17.4 Å². The molecule has 1 aromatic carbocycles. The monoisotopic (exact) mass is 308 g/mol. The van der Waals surface area contributed by atoms with Gasteiger partial charge in [0.1, 0.15) is 17.1 Å². The smallest absolute Gasteiger partial charge is 0.440 e. The molecule has 0 bridgehead atoms. The van der Waals surface area contributed by atoms with Crippen LogP contribution in [0.4, 0.5) is 13.2 Å². The highest BCUT2D eigenvalue weighted by molar-refractivity contribution is 5.46. The Kier molecular flexibility index (Phi) is 3.40. The van der Waals surface area contributed by atoms with Gasteiger partial charge in [-0.25, -0.2) is 4.98 Å². The molecule has 0 fully saturated rings. The summed E-state index contributed by atoms with van der Waals surface area (Å²) in [6.45, 7) is 1.90. The van der Waals surface area contributed by atoms with Gasteiger partial charge in [-0.2, -0.15) is 0 Å². The lowest BCUT2D eigenvalue weighted by molar-refractivity contribution is -0.274. The van der Waals surface area contributed by atoms with E-state index in [9.17, 15) is 13.2 Å². The Balaban J connectivity index is 1.84. The maximum absolute atomic E-state index is 12.1. The largest absolute Gasteiger partial charge is 0.573 e. The van der Waals surface area contributed by atoms with Crippen molar-refractivity contribution in [3.8, 4) is 17.4 Å². The summed E-state index contributed by atoms with van der Waals surface area (Å²) < 4.78 is 47.6. The third kappa shape index (κ3) is 3.13. The SMILES string of the molecule is Cc1cc(Oc2ccc(OC(F)(F)F)cc2)n2ccnc2c1. The fraction of sp³-hybridized carbons (Fsp3) is 0.133. The van der Waals surface area contributed by atoms with E-state index in [2.05, 4.69) is 9.72 Å². The number of pyridine rings is 1. The first-order chi connectivity index (χ1) is 10.4. The summed E-state index contributed by atoms with van der Waals surface area (Å²) in [5, 5.41) is 0. The number of alkyl halides is 3. The van der Waals surface area contributed by atoms with Crippen molar-refractivity contribution in [3.63, 3.8) is 0 Å². The molecule has 0 radical (unpaired) electrons. The number of aryl methyl sites for hydroxylation is 1. The Morgan fingerprint density at radius 3 is 2.41 bits per heavy atom. The summed E-state index contributed by atoms with van der Waals surface area (Å²) in [5.74, 6) is 0.629. The van der Waals surface area contributed by atoms with Crippen LogP contribution in [0.3, 0.4) is 0 Å². The molecule has 0 aliphatic carbocycles. The van der Waals surface area contributed by atoms with Crippen LogP contribution in [0.25, 0.3) is 5.65 Å². The van der Waals surface area contributed by atoms with Crippen molar-refractivity contribution in [1.29, 1.82) is 0 Å². The van der Waals surface area contributed by atoms with Crippen LogP contribution >= 0.6 is 0 Å². The second kappa shape index (κ2) is 5.25. The first kappa shape index (κ1) is 14.2. The van der Waals surface area contributed by atoms with Gasteiger partial charge < -0.3 is 9.47 Å². The maximum atomic E-state index is 12.1. The second-order valence-electron chi connectivity index (χ2n) is 4.65. The van der Waals surface area contributed by atoms with Crippen molar-refractivity contribution in [2.24, 2.45) is 0 Å². The van der Waals surface area contributed by atoms with E-state index in [0.29, 0.717) is 11.6 Å². The Morgan fingerprint density at radius 2 is 1.73 bits per heavy atom. The number of hydrogen-bond acceptors (Lipinski definition) is 3. The summed E-state index contributed by atoms with van der Waals surface area (Å²) in [5.41, 5.74) is 1.69. The van der Waals surface area contributed by atoms with Gasteiger partial charge in [-0.3, -0.25) is 4.40 Å². The zero-order chi connectivity index (χ0) is 15.7. The molecule has 0 aliphatic heterocycles. The molecule has 7 heteroatoms. The van der Waals surface area contributed by atoms with E-state index in [0.717, 1.165) is 11.2 Å². The molecule has 0 saturated heterocycles. The van der Waals surface area contributed by atoms with Gasteiger partial charge in [0.15, 0.2) is 0 Å². The zero-order valence-corrected chi connectivity index (χ0v) is 11.5. The summed E-state index contributed by atoms with van der Waals surface area (Å²) in [7, 11) is 0. The Hall–Kier alpha value is -2.70. The lowest BCUT2D eigenvalue weighted by Crippen LogP contribution is -2.16. The Morgan fingerprint density at radius 1 is 1.05 bits per heavy atom.